The number of nitrogens with zero attached hydrogens (tertiary/aromatic N) is 3. The van der Waals surface area contributed by atoms with Gasteiger partial charge in [0.15, 0.2) is 0 Å². The van der Waals surface area contributed by atoms with Gasteiger partial charge in [0.05, 0.1) is 18.3 Å². The molecule has 3 rings (SSSR count). The Hall–Kier alpha value is -1.87. The number of imidazole rings is 1. The standard InChI is InChI=1S/C15H15BrN4O/c16-11-3-4-13-19-12(9-20(13)8-11)7-18-14(21)15(10-17)5-1-2-6-15/h3-4,8-9H,1-2,5-7H2,(H,18,21). The summed E-state index contributed by atoms with van der Waals surface area (Å²) in [6, 6.07) is 6.03. The Morgan fingerprint density at radius 3 is 2.90 bits per heavy atom. The van der Waals surface area contributed by atoms with Crippen molar-refractivity contribution < 1.29 is 4.79 Å². The van der Waals surface area contributed by atoms with Crippen LogP contribution < -0.4 is 5.32 Å². The second kappa shape index (κ2) is 5.49. The Morgan fingerprint density at radius 1 is 1.43 bits per heavy atom. The van der Waals surface area contributed by atoms with Crippen molar-refractivity contribution in [3.8, 4) is 6.07 Å². The maximum atomic E-state index is 12.3. The predicted molar refractivity (Wildman–Crippen MR) is 81.3 cm³/mol. The molecule has 1 amide bonds. The lowest BCUT2D eigenvalue weighted by molar-refractivity contribution is -0.128. The zero-order valence-corrected chi connectivity index (χ0v) is 13.1. The van der Waals surface area contributed by atoms with E-state index in [1.54, 1.807) is 0 Å². The number of aromatic nitrogens is 2. The van der Waals surface area contributed by atoms with Gasteiger partial charge in [-0.1, -0.05) is 12.8 Å². The average Bonchev–Trinajstić information content (AvgIpc) is 3.11. The van der Waals surface area contributed by atoms with Crippen molar-refractivity contribution in [1.82, 2.24) is 14.7 Å². The third-order valence-corrected chi connectivity index (χ3v) is 4.47. The number of halogens is 1. The van der Waals surface area contributed by atoms with Gasteiger partial charge in [0.25, 0.3) is 0 Å². The molecular weight excluding hydrogens is 332 g/mol. The summed E-state index contributed by atoms with van der Waals surface area (Å²) in [4.78, 5) is 16.7. The highest BCUT2D eigenvalue weighted by Gasteiger charge is 2.41. The molecule has 5 nitrogen and oxygen atoms in total. The Bertz CT molecular complexity index is 725. The molecule has 0 aliphatic heterocycles. The molecule has 0 radical (unpaired) electrons. The first kappa shape index (κ1) is 14.1. The first-order valence-electron chi connectivity index (χ1n) is 6.96. The van der Waals surface area contributed by atoms with Crippen LogP contribution in [0.3, 0.4) is 0 Å². The van der Waals surface area contributed by atoms with Crippen LogP contribution in [0.15, 0.2) is 29.0 Å². The molecule has 0 unspecified atom stereocenters. The number of amides is 1. The van der Waals surface area contributed by atoms with Gasteiger partial charge >= 0.3 is 0 Å². The molecule has 1 N–H and O–H groups in total. The number of nitriles is 1. The van der Waals surface area contributed by atoms with Crippen molar-refractivity contribution in [3.05, 3.63) is 34.7 Å². The van der Waals surface area contributed by atoms with E-state index in [-0.39, 0.29) is 5.91 Å². The van der Waals surface area contributed by atoms with Gasteiger partial charge in [-0.3, -0.25) is 4.79 Å². The van der Waals surface area contributed by atoms with Crippen LogP contribution >= 0.6 is 15.9 Å². The number of rotatable bonds is 3. The van der Waals surface area contributed by atoms with E-state index in [2.05, 4.69) is 32.3 Å². The van der Waals surface area contributed by atoms with E-state index in [0.717, 1.165) is 28.7 Å². The first-order valence-corrected chi connectivity index (χ1v) is 7.75. The lowest BCUT2D eigenvalue weighted by Crippen LogP contribution is -2.37. The van der Waals surface area contributed by atoms with Crippen LogP contribution in [-0.4, -0.2) is 15.3 Å². The van der Waals surface area contributed by atoms with E-state index >= 15 is 0 Å². The van der Waals surface area contributed by atoms with Gasteiger partial charge in [-0.25, -0.2) is 4.98 Å². The Kier molecular flexibility index (Phi) is 3.68. The monoisotopic (exact) mass is 346 g/mol. The normalized spacial score (nSPS) is 16.8. The van der Waals surface area contributed by atoms with Gasteiger partial charge in [0.1, 0.15) is 11.1 Å². The quantitative estimate of drug-likeness (QED) is 0.928. The fraction of sp³-hybridized carbons (Fsp3) is 0.400. The van der Waals surface area contributed by atoms with E-state index in [0.29, 0.717) is 19.4 Å². The highest BCUT2D eigenvalue weighted by Crippen LogP contribution is 2.37. The molecule has 1 aliphatic rings. The molecule has 1 fully saturated rings. The van der Waals surface area contributed by atoms with Crippen molar-refractivity contribution in [3.63, 3.8) is 0 Å². The minimum absolute atomic E-state index is 0.166. The predicted octanol–water partition coefficient (Wildman–Crippen LogP) is 2.80. The Balaban J connectivity index is 1.71. The minimum atomic E-state index is -0.831. The molecule has 2 heterocycles. The molecule has 0 aromatic carbocycles. The third-order valence-electron chi connectivity index (χ3n) is 4.00. The maximum Gasteiger partial charge on any atom is 0.240 e. The molecule has 2 aromatic rings. The summed E-state index contributed by atoms with van der Waals surface area (Å²) in [6.45, 7) is 0.349. The second-order valence-corrected chi connectivity index (χ2v) is 6.34. The summed E-state index contributed by atoms with van der Waals surface area (Å²) in [7, 11) is 0. The zero-order chi connectivity index (χ0) is 14.9. The van der Waals surface area contributed by atoms with E-state index in [1.807, 2.05) is 28.9 Å². The number of pyridine rings is 1. The number of carbonyl (C=O) groups is 1. The highest BCUT2D eigenvalue weighted by molar-refractivity contribution is 9.10. The molecule has 1 saturated carbocycles. The maximum absolute atomic E-state index is 12.3. The SMILES string of the molecule is N#CC1(C(=O)NCc2cn3cc(Br)ccc3n2)CCCC1. The summed E-state index contributed by atoms with van der Waals surface area (Å²) < 4.78 is 2.87. The number of nitrogens with one attached hydrogen (secondary N) is 1. The van der Waals surface area contributed by atoms with Gasteiger partial charge in [-0.2, -0.15) is 5.26 Å². The summed E-state index contributed by atoms with van der Waals surface area (Å²) >= 11 is 3.41. The number of carbonyl (C=O) groups excluding carboxylic acids is 1. The number of hydrogen-bond donors (Lipinski definition) is 1. The van der Waals surface area contributed by atoms with Gasteiger partial charge in [0, 0.05) is 16.9 Å². The fourth-order valence-corrected chi connectivity index (χ4v) is 3.16. The van der Waals surface area contributed by atoms with E-state index in [9.17, 15) is 10.1 Å². The molecule has 1 aliphatic carbocycles. The van der Waals surface area contributed by atoms with Crippen LogP contribution in [0.1, 0.15) is 31.4 Å². The van der Waals surface area contributed by atoms with Crippen LogP contribution in [0.2, 0.25) is 0 Å². The zero-order valence-electron chi connectivity index (χ0n) is 11.5. The largest absolute Gasteiger partial charge is 0.349 e. The highest BCUT2D eigenvalue weighted by atomic mass is 79.9. The molecule has 6 heteroatoms. The molecule has 0 atom stereocenters. The summed E-state index contributed by atoms with van der Waals surface area (Å²) in [5.41, 5.74) is 0.785. The van der Waals surface area contributed by atoms with Crippen molar-refractivity contribution >= 4 is 27.5 Å². The van der Waals surface area contributed by atoms with Crippen LogP contribution in [0.25, 0.3) is 5.65 Å². The van der Waals surface area contributed by atoms with E-state index in [1.165, 1.54) is 0 Å². The lowest BCUT2D eigenvalue weighted by atomic mass is 9.87. The van der Waals surface area contributed by atoms with Gasteiger partial charge in [-0.05, 0) is 40.9 Å². The molecule has 0 bridgehead atoms. The van der Waals surface area contributed by atoms with Crippen LogP contribution in [-0.2, 0) is 11.3 Å². The molecule has 0 saturated heterocycles. The van der Waals surface area contributed by atoms with Crippen molar-refractivity contribution in [2.45, 2.75) is 32.2 Å². The van der Waals surface area contributed by atoms with Crippen molar-refractivity contribution in [1.29, 1.82) is 5.26 Å². The number of hydrogen-bond acceptors (Lipinski definition) is 3. The summed E-state index contributed by atoms with van der Waals surface area (Å²) in [5, 5.41) is 12.2. The van der Waals surface area contributed by atoms with Gasteiger partial charge < -0.3 is 9.72 Å². The fourth-order valence-electron chi connectivity index (χ4n) is 2.81. The molecule has 0 spiro atoms. The smallest absolute Gasteiger partial charge is 0.240 e. The van der Waals surface area contributed by atoms with E-state index in [4.69, 9.17) is 0 Å². The van der Waals surface area contributed by atoms with Crippen molar-refractivity contribution in [2.24, 2.45) is 5.41 Å². The summed E-state index contributed by atoms with van der Waals surface area (Å²) in [5.74, 6) is -0.166. The van der Waals surface area contributed by atoms with E-state index < -0.39 is 5.41 Å². The lowest BCUT2D eigenvalue weighted by Gasteiger charge is -2.18. The first-order chi connectivity index (χ1) is 10.1. The second-order valence-electron chi connectivity index (χ2n) is 5.43. The topological polar surface area (TPSA) is 70.2 Å². The Labute approximate surface area is 131 Å². The number of fused-ring (bicyclic) bond motifs is 1. The van der Waals surface area contributed by atoms with Crippen LogP contribution in [0, 0.1) is 16.7 Å². The van der Waals surface area contributed by atoms with Crippen LogP contribution in [0.5, 0.6) is 0 Å². The molecular formula is C15H15BrN4O. The van der Waals surface area contributed by atoms with Gasteiger partial charge in [-0.15, -0.1) is 0 Å². The van der Waals surface area contributed by atoms with Crippen molar-refractivity contribution in [2.75, 3.05) is 0 Å². The average molecular weight is 347 g/mol. The molecule has 108 valence electrons. The molecule has 2 aromatic heterocycles. The minimum Gasteiger partial charge on any atom is -0.349 e. The third kappa shape index (κ3) is 2.66. The molecule has 21 heavy (non-hydrogen) atoms. The summed E-state index contributed by atoms with van der Waals surface area (Å²) in [6.07, 6.45) is 7.02. The Morgan fingerprint density at radius 2 is 2.19 bits per heavy atom. The van der Waals surface area contributed by atoms with Gasteiger partial charge in [0.2, 0.25) is 5.91 Å². The van der Waals surface area contributed by atoms with Crippen LogP contribution in [0.4, 0.5) is 0 Å².